The monoisotopic (exact) mass is 351 g/mol. The van der Waals surface area contributed by atoms with E-state index in [0.29, 0.717) is 16.5 Å². The van der Waals surface area contributed by atoms with Crippen LogP contribution < -0.4 is 5.32 Å². The van der Waals surface area contributed by atoms with Crippen LogP contribution in [0.5, 0.6) is 0 Å². The van der Waals surface area contributed by atoms with Gasteiger partial charge < -0.3 is 25.3 Å². The minimum absolute atomic E-state index is 0.123. The predicted molar refractivity (Wildman–Crippen MR) is 90.2 cm³/mol. The first-order valence-electron chi connectivity index (χ1n) is 7.67. The molecular weight excluding hydrogens is 330 g/mol. The highest BCUT2D eigenvalue weighted by Crippen LogP contribution is 2.29. The third-order valence-corrected chi connectivity index (χ3v) is 3.45. The smallest absolute Gasteiger partial charge is 0.407 e. The summed E-state index contributed by atoms with van der Waals surface area (Å²) >= 11 is 0. The zero-order chi connectivity index (χ0) is 18.8. The van der Waals surface area contributed by atoms with Gasteiger partial charge in [0.2, 0.25) is 0 Å². The molecule has 9 heteroatoms. The van der Waals surface area contributed by atoms with Gasteiger partial charge in [0.05, 0.1) is 4.92 Å². The molecule has 0 fully saturated rings. The van der Waals surface area contributed by atoms with E-state index < -0.39 is 28.8 Å². The van der Waals surface area contributed by atoms with E-state index in [0.717, 1.165) is 0 Å². The van der Waals surface area contributed by atoms with Gasteiger partial charge in [0.25, 0.3) is 5.69 Å². The molecular formula is C16H21N3O6. The largest absolute Gasteiger partial charge is 0.444 e. The molecule has 1 aromatic carbocycles. The quantitative estimate of drug-likeness (QED) is 0.480. The standard InChI is InChI=1S/C16H21N3O6/c1-16(2,3)25-15(22)18-8-13(20)14(21)11-7-17-12-5-4-9(19(23)24)6-10(11)12/h4-7,13-14,17,20-21H,8H2,1-3H3,(H,18,22). The lowest BCUT2D eigenvalue weighted by molar-refractivity contribution is -0.384. The van der Waals surface area contributed by atoms with E-state index in [-0.39, 0.29) is 12.2 Å². The van der Waals surface area contributed by atoms with E-state index in [9.17, 15) is 25.1 Å². The lowest BCUT2D eigenvalue weighted by atomic mass is 10.0. The van der Waals surface area contributed by atoms with Crippen molar-refractivity contribution in [1.82, 2.24) is 10.3 Å². The number of benzene rings is 1. The average molecular weight is 351 g/mol. The summed E-state index contributed by atoms with van der Waals surface area (Å²) in [6.07, 6.45) is -1.90. The maximum absolute atomic E-state index is 11.6. The van der Waals surface area contributed by atoms with E-state index in [1.54, 1.807) is 20.8 Å². The number of nitro groups is 1. The number of aromatic amines is 1. The number of H-pyrrole nitrogens is 1. The van der Waals surface area contributed by atoms with Crippen molar-refractivity contribution in [2.45, 2.75) is 38.6 Å². The van der Waals surface area contributed by atoms with Crippen LogP contribution >= 0.6 is 0 Å². The van der Waals surface area contributed by atoms with E-state index in [2.05, 4.69) is 10.3 Å². The number of carbonyl (C=O) groups is 1. The molecule has 136 valence electrons. The number of nitro benzene ring substituents is 1. The minimum atomic E-state index is -1.34. The highest BCUT2D eigenvalue weighted by Gasteiger charge is 2.24. The molecule has 0 spiro atoms. The summed E-state index contributed by atoms with van der Waals surface area (Å²) in [5.41, 5.74) is 0.0923. The van der Waals surface area contributed by atoms with Crippen molar-refractivity contribution in [2.24, 2.45) is 0 Å². The van der Waals surface area contributed by atoms with Crippen molar-refractivity contribution in [1.29, 1.82) is 0 Å². The van der Waals surface area contributed by atoms with Crippen molar-refractivity contribution < 1.29 is 24.7 Å². The summed E-state index contributed by atoms with van der Waals surface area (Å²) in [5.74, 6) is 0. The van der Waals surface area contributed by atoms with Gasteiger partial charge in [0.1, 0.15) is 17.8 Å². The fraction of sp³-hybridized carbons (Fsp3) is 0.438. The Hall–Kier alpha value is -2.65. The number of nitrogens with one attached hydrogen (secondary N) is 2. The lowest BCUT2D eigenvalue weighted by Crippen LogP contribution is -2.38. The third kappa shape index (κ3) is 4.68. The fourth-order valence-electron chi connectivity index (χ4n) is 2.31. The number of fused-ring (bicyclic) bond motifs is 1. The molecule has 0 aliphatic rings. The zero-order valence-electron chi connectivity index (χ0n) is 14.1. The fourth-order valence-corrected chi connectivity index (χ4v) is 2.31. The Morgan fingerprint density at radius 1 is 1.40 bits per heavy atom. The normalized spacial score (nSPS) is 14.1. The van der Waals surface area contributed by atoms with Crippen LogP contribution in [0.15, 0.2) is 24.4 Å². The highest BCUT2D eigenvalue weighted by atomic mass is 16.6. The van der Waals surface area contributed by atoms with Crippen molar-refractivity contribution in [3.05, 3.63) is 40.1 Å². The van der Waals surface area contributed by atoms with Gasteiger partial charge in [-0.05, 0) is 26.8 Å². The number of aromatic nitrogens is 1. The summed E-state index contributed by atoms with van der Waals surface area (Å²) < 4.78 is 5.05. The molecule has 4 N–H and O–H groups in total. The molecule has 0 aliphatic heterocycles. The molecule has 2 unspecified atom stereocenters. The van der Waals surface area contributed by atoms with Crippen LogP contribution in [0.2, 0.25) is 0 Å². The Balaban J connectivity index is 2.10. The van der Waals surface area contributed by atoms with Crippen molar-refractivity contribution in [2.75, 3.05) is 6.54 Å². The zero-order valence-corrected chi connectivity index (χ0v) is 14.1. The van der Waals surface area contributed by atoms with Crippen LogP contribution in [-0.4, -0.2) is 44.5 Å². The molecule has 1 amide bonds. The van der Waals surface area contributed by atoms with Gasteiger partial charge in [0, 0.05) is 41.3 Å². The number of nitrogens with zero attached hydrogens (tertiary/aromatic N) is 1. The summed E-state index contributed by atoms with van der Waals surface area (Å²) in [6, 6.07) is 4.18. The maximum atomic E-state index is 11.6. The predicted octanol–water partition coefficient (Wildman–Crippen LogP) is 2.00. The van der Waals surface area contributed by atoms with Crippen molar-refractivity contribution in [3.8, 4) is 0 Å². The third-order valence-electron chi connectivity index (χ3n) is 3.45. The molecule has 0 radical (unpaired) electrons. The Bertz CT molecular complexity index is 780. The van der Waals surface area contributed by atoms with Gasteiger partial charge in [-0.3, -0.25) is 10.1 Å². The molecule has 0 saturated carbocycles. The van der Waals surface area contributed by atoms with Crippen LogP contribution in [-0.2, 0) is 4.74 Å². The first-order chi connectivity index (χ1) is 11.6. The number of hydrogen-bond donors (Lipinski definition) is 4. The van der Waals surface area contributed by atoms with E-state index in [1.807, 2.05) is 0 Å². The molecule has 0 bridgehead atoms. The molecule has 25 heavy (non-hydrogen) atoms. The number of aliphatic hydroxyl groups excluding tert-OH is 2. The lowest BCUT2D eigenvalue weighted by Gasteiger charge is -2.22. The van der Waals surface area contributed by atoms with Crippen molar-refractivity contribution in [3.63, 3.8) is 0 Å². The number of ether oxygens (including phenoxy) is 1. The maximum Gasteiger partial charge on any atom is 0.407 e. The SMILES string of the molecule is CC(C)(C)OC(=O)NCC(O)C(O)c1c[nH]c2ccc([N+](=O)[O-])cc12. The average Bonchev–Trinajstić information content (AvgIpc) is 2.93. The van der Waals surface area contributed by atoms with Crippen LogP contribution in [0.25, 0.3) is 10.9 Å². The minimum Gasteiger partial charge on any atom is -0.444 e. The van der Waals surface area contributed by atoms with Gasteiger partial charge in [-0.25, -0.2) is 4.79 Å². The first-order valence-corrected chi connectivity index (χ1v) is 7.67. The summed E-state index contributed by atoms with van der Waals surface area (Å²) in [7, 11) is 0. The number of hydrogen-bond acceptors (Lipinski definition) is 6. The summed E-state index contributed by atoms with van der Waals surface area (Å²) in [4.78, 5) is 24.8. The Kier molecular flexibility index (Phi) is 5.29. The highest BCUT2D eigenvalue weighted by molar-refractivity contribution is 5.85. The second-order valence-electron chi connectivity index (χ2n) is 6.63. The summed E-state index contributed by atoms with van der Waals surface area (Å²) in [6.45, 7) is 4.88. The Morgan fingerprint density at radius 2 is 2.08 bits per heavy atom. The van der Waals surface area contributed by atoms with Crippen LogP contribution in [0, 0.1) is 10.1 Å². The molecule has 1 heterocycles. The number of non-ortho nitro benzene ring substituents is 1. The molecule has 0 aliphatic carbocycles. The number of amides is 1. The molecule has 9 nitrogen and oxygen atoms in total. The number of carbonyl (C=O) groups excluding carboxylic acids is 1. The Labute approximate surface area is 143 Å². The molecule has 2 rings (SSSR count). The van der Waals surface area contributed by atoms with Gasteiger partial charge in [0.15, 0.2) is 0 Å². The number of alkyl carbamates (subject to hydrolysis) is 1. The van der Waals surface area contributed by atoms with Gasteiger partial charge >= 0.3 is 6.09 Å². The topological polar surface area (TPSA) is 138 Å². The number of rotatable bonds is 5. The van der Waals surface area contributed by atoms with Crippen LogP contribution in [0.1, 0.15) is 32.4 Å². The first kappa shape index (κ1) is 18.7. The van der Waals surface area contributed by atoms with Crippen molar-refractivity contribution >= 4 is 22.7 Å². The molecule has 2 aromatic rings. The van der Waals surface area contributed by atoms with Gasteiger partial charge in [-0.15, -0.1) is 0 Å². The second-order valence-corrected chi connectivity index (χ2v) is 6.63. The van der Waals surface area contributed by atoms with Crippen LogP contribution in [0.4, 0.5) is 10.5 Å². The second kappa shape index (κ2) is 7.08. The van der Waals surface area contributed by atoms with Gasteiger partial charge in [-0.2, -0.15) is 0 Å². The van der Waals surface area contributed by atoms with E-state index in [1.165, 1.54) is 24.4 Å². The molecule has 0 saturated heterocycles. The number of aliphatic hydroxyl groups is 2. The molecule has 2 atom stereocenters. The Morgan fingerprint density at radius 3 is 2.68 bits per heavy atom. The molecule has 1 aromatic heterocycles. The van der Waals surface area contributed by atoms with E-state index in [4.69, 9.17) is 4.74 Å². The van der Waals surface area contributed by atoms with Crippen LogP contribution in [0.3, 0.4) is 0 Å². The van der Waals surface area contributed by atoms with E-state index >= 15 is 0 Å². The summed E-state index contributed by atoms with van der Waals surface area (Å²) in [5, 5.41) is 34.1. The van der Waals surface area contributed by atoms with Gasteiger partial charge in [-0.1, -0.05) is 0 Å².